The summed E-state index contributed by atoms with van der Waals surface area (Å²) in [4.78, 5) is 4.81. The minimum Gasteiger partial charge on any atom is -0.383 e. The second kappa shape index (κ2) is 5.68. The van der Waals surface area contributed by atoms with Crippen LogP contribution in [-0.2, 0) is 24.1 Å². The number of nitrogens with zero attached hydrogens (tertiary/aromatic N) is 1. The SMILES string of the molecule is COCCNCc1c2c(nc3ccccc13)CCC2. The molecule has 1 N–H and O–H groups in total. The quantitative estimate of drug-likeness (QED) is 0.834. The highest BCUT2D eigenvalue weighted by atomic mass is 16.5. The van der Waals surface area contributed by atoms with Crippen molar-refractivity contribution >= 4 is 10.9 Å². The van der Waals surface area contributed by atoms with Crippen molar-refractivity contribution in [1.82, 2.24) is 10.3 Å². The summed E-state index contributed by atoms with van der Waals surface area (Å²) >= 11 is 0. The molecule has 0 atom stereocenters. The highest BCUT2D eigenvalue weighted by Gasteiger charge is 2.18. The van der Waals surface area contributed by atoms with E-state index in [0.717, 1.165) is 31.6 Å². The second-order valence-corrected chi connectivity index (χ2v) is 5.06. The Morgan fingerprint density at radius 2 is 2.16 bits per heavy atom. The zero-order valence-electron chi connectivity index (χ0n) is 11.4. The van der Waals surface area contributed by atoms with Crippen LogP contribution in [0.25, 0.3) is 10.9 Å². The maximum Gasteiger partial charge on any atom is 0.0708 e. The summed E-state index contributed by atoms with van der Waals surface area (Å²) in [7, 11) is 1.74. The molecule has 1 heterocycles. The van der Waals surface area contributed by atoms with Gasteiger partial charge in [-0.2, -0.15) is 0 Å². The molecular formula is C16H20N2O. The Balaban J connectivity index is 1.95. The summed E-state index contributed by atoms with van der Waals surface area (Å²) in [6, 6.07) is 8.48. The second-order valence-electron chi connectivity index (χ2n) is 5.06. The normalized spacial score (nSPS) is 13.9. The van der Waals surface area contributed by atoms with Crippen LogP contribution in [-0.4, -0.2) is 25.2 Å². The summed E-state index contributed by atoms with van der Waals surface area (Å²) in [5, 5.41) is 4.77. The van der Waals surface area contributed by atoms with Crippen molar-refractivity contribution in [2.45, 2.75) is 25.8 Å². The van der Waals surface area contributed by atoms with Gasteiger partial charge >= 0.3 is 0 Å². The Kier molecular flexibility index (Phi) is 3.76. The number of ether oxygens (including phenoxy) is 1. The van der Waals surface area contributed by atoms with E-state index in [4.69, 9.17) is 9.72 Å². The molecule has 0 radical (unpaired) electrons. The van der Waals surface area contributed by atoms with Gasteiger partial charge in [0.2, 0.25) is 0 Å². The first-order valence-electron chi connectivity index (χ1n) is 6.99. The average Bonchev–Trinajstić information content (AvgIpc) is 2.90. The number of benzene rings is 1. The molecule has 0 amide bonds. The lowest BCUT2D eigenvalue weighted by Crippen LogP contribution is -2.19. The number of pyridine rings is 1. The maximum atomic E-state index is 5.09. The highest BCUT2D eigenvalue weighted by Crippen LogP contribution is 2.29. The molecule has 0 aliphatic heterocycles. The number of aryl methyl sites for hydroxylation is 1. The predicted octanol–water partition coefficient (Wildman–Crippen LogP) is 2.46. The summed E-state index contributed by atoms with van der Waals surface area (Å²) in [5.74, 6) is 0. The monoisotopic (exact) mass is 256 g/mol. The van der Waals surface area contributed by atoms with Crippen LogP contribution in [0.2, 0.25) is 0 Å². The molecule has 1 aromatic carbocycles. The van der Waals surface area contributed by atoms with Crippen molar-refractivity contribution in [3.05, 3.63) is 41.1 Å². The number of nitrogens with one attached hydrogen (secondary N) is 1. The van der Waals surface area contributed by atoms with Gasteiger partial charge in [0.15, 0.2) is 0 Å². The third-order valence-electron chi connectivity index (χ3n) is 3.82. The molecule has 1 aliphatic rings. The van der Waals surface area contributed by atoms with Crippen LogP contribution in [0.4, 0.5) is 0 Å². The lowest BCUT2D eigenvalue weighted by Gasteiger charge is -2.13. The fourth-order valence-corrected chi connectivity index (χ4v) is 2.90. The van der Waals surface area contributed by atoms with Crippen molar-refractivity contribution in [3.8, 4) is 0 Å². The van der Waals surface area contributed by atoms with Gasteiger partial charge in [0, 0.05) is 31.3 Å². The number of hydrogen-bond acceptors (Lipinski definition) is 3. The van der Waals surface area contributed by atoms with Gasteiger partial charge in [0.05, 0.1) is 12.1 Å². The molecule has 0 saturated carbocycles. The lowest BCUT2D eigenvalue weighted by molar-refractivity contribution is 0.199. The summed E-state index contributed by atoms with van der Waals surface area (Å²) in [5.41, 5.74) is 5.35. The van der Waals surface area contributed by atoms with Gasteiger partial charge in [-0.1, -0.05) is 18.2 Å². The molecule has 100 valence electrons. The van der Waals surface area contributed by atoms with Crippen molar-refractivity contribution in [1.29, 1.82) is 0 Å². The molecule has 0 unspecified atom stereocenters. The van der Waals surface area contributed by atoms with Crippen LogP contribution in [0.3, 0.4) is 0 Å². The Hall–Kier alpha value is -1.45. The Morgan fingerprint density at radius 3 is 3.05 bits per heavy atom. The van der Waals surface area contributed by atoms with E-state index in [9.17, 15) is 0 Å². The Bertz CT molecular complexity index is 580. The van der Waals surface area contributed by atoms with E-state index < -0.39 is 0 Å². The average molecular weight is 256 g/mol. The van der Waals surface area contributed by atoms with Gasteiger partial charge in [0.25, 0.3) is 0 Å². The van der Waals surface area contributed by atoms with Gasteiger partial charge in [-0.15, -0.1) is 0 Å². The molecule has 2 aromatic rings. The molecular weight excluding hydrogens is 236 g/mol. The minimum absolute atomic E-state index is 0.755. The van der Waals surface area contributed by atoms with Gasteiger partial charge in [-0.05, 0) is 36.5 Å². The molecule has 0 spiro atoms. The van der Waals surface area contributed by atoms with Crippen LogP contribution >= 0.6 is 0 Å². The van der Waals surface area contributed by atoms with Gasteiger partial charge in [-0.25, -0.2) is 0 Å². The van der Waals surface area contributed by atoms with Crippen molar-refractivity contribution in [2.24, 2.45) is 0 Å². The van der Waals surface area contributed by atoms with E-state index in [1.54, 1.807) is 7.11 Å². The van der Waals surface area contributed by atoms with Crippen LogP contribution in [0, 0.1) is 0 Å². The summed E-state index contributed by atoms with van der Waals surface area (Å²) in [6.07, 6.45) is 3.55. The van der Waals surface area contributed by atoms with Gasteiger partial charge < -0.3 is 10.1 Å². The van der Waals surface area contributed by atoms with Crippen LogP contribution < -0.4 is 5.32 Å². The van der Waals surface area contributed by atoms with E-state index in [1.165, 1.54) is 35.0 Å². The Labute approximate surface area is 114 Å². The van der Waals surface area contributed by atoms with Crippen molar-refractivity contribution in [2.75, 3.05) is 20.3 Å². The van der Waals surface area contributed by atoms with Crippen molar-refractivity contribution < 1.29 is 4.74 Å². The first-order chi connectivity index (χ1) is 9.40. The summed E-state index contributed by atoms with van der Waals surface area (Å²) in [6.45, 7) is 2.56. The van der Waals surface area contributed by atoms with E-state index in [0.29, 0.717) is 0 Å². The molecule has 0 saturated heterocycles. The van der Waals surface area contributed by atoms with Crippen LogP contribution in [0.5, 0.6) is 0 Å². The van der Waals surface area contributed by atoms with Crippen LogP contribution in [0.1, 0.15) is 23.2 Å². The topological polar surface area (TPSA) is 34.1 Å². The Morgan fingerprint density at radius 1 is 1.26 bits per heavy atom. The fourth-order valence-electron chi connectivity index (χ4n) is 2.90. The van der Waals surface area contributed by atoms with E-state index in [2.05, 4.69) is 29.6 Å². The number of para-hydroxylation sites is 1. The van der Waals surface area contributed by atoms with Crippen molar-refractivity contribution in [3.63, 3.8) is 0 Å². The van der Waals surface area contributed by atoms with E-state index >= 15 is 0 Å². The van der Waals surface area contributed by atoms with E-state index in [-0.39, 0.29) is 0 Å². The lowest BCUT2D eigenvalue weighted by atomic mass is 10.0. The highest BCUT2D eigenvalue weighted by molar-refractivity contribution is 5.84. The molecule has 0 fully saturated rings. The zero-order valence-corrected chi connectivity index (χ0v) is 11.4. The smallest absolute Gasteiger partial charge is 0.0708 e. The number of fused-ring (bicyclic) bond motifs is 2. The van der Waals surface area contributed by atoms with E-state index in [1.807, 2.05) is 0 Å². The first kappa shape index (κ1) is 12.6. The standard InChI is InChI=1S/C16H20N2O/c1-19-10-9-17-11-14-12-5-2-3-7-15(12)18-16-8-4-6-13(14)16/h2-3,5,7,17H,4,6,8-11H2,1H3. The minimum atomic E-state index is 0.755. The molecule has 0 bridgehead atoms. The number of methoxy groups -OCH3 is 1. The maximum absolute atomic E-state index is 5.09. The fraction of sp³-hybridized carbons (Fsp3) is 0.438. The molecule has 3 rings (SSSR count). The third kappa shape index (κ3) is 2.48. The first-order valence-corrected chi connectivity index (χ1v) is 6.99. The number of aromatic nitrogens is 1. The number of hydrogen-bond donors (Lipinski definition) is 1. The molecule has 3 heteroatoms. The zero-order chi connectivity index (χ0) is 13.1. The predicted molar refractivity (Wildman–Crippen MR) is 77.4 cm³/mol. The molecule has 1 aliphatic carbocycles. The molecule has 19 heavy (non-hydrogen) atoms. The summed E-state index contributed by atoms with van der Waals surface area (Å²) < 4.78 is 5.09. The third-order valence-corrected chi connectivity index (χ3v) is 3.82. The molecule has 1 aromatic heterocycles. The van der Waals surface area contributed by atoms with Gasteiger partial charge in [0.1, 0.15) is 0 Å². The number of rotatable bonds is 5. The van der Waals surface area contributed by atoms with Crippen LogP contribution in [0.15, 0.2) is 24.3 Å². The largest absolute Gasteiger partial charge is 0.383 e. The van der Waals surface area contributed by atoms with Gasteiger partial charge in [-0.3, -0.25) is 4.98 Å². The molecule has 3 nitrogen and oxygen atoms in total.